The van der Waals surface area contributed by atoms with Crippen molar-refractivity contribution in [3.05, 3.63) is 82.3 Å². The molecule has 1 fully saturated rings. The van der Waals surface area contributed by atoms with E-state index in [0.29, 0.717) is 25.2 Å². The number of carbonyl (C=O) groups is 2. The average molecular weight is 458 g/mol. The predicted octanol–water partition coefficient (Wildman–Crippen LogP) is 3.74. The summed E-state index contributed by atoms with van der Waals surface area (Å²) in [6.07, 6.45) is 0.951. The number of methoxy groups -OCH3 is 1. The Balaban J connectivity index is 1.47. The Morgan fingerprint density at radius 1 is 0.941 bits per heavy atom. The minimum Gasteiger partial charge on any atom is -0.497 e. The van der Waals surface area contributed by atoms with Crippen molar-refractivity contribution >= 4 is 17.5 Å². The molecular weight excluding hydrogens is 430 g/mol. The lowest BCUT2D eigenvalue weighted by Gasteiger charge is -2.43. The number of ether oxygens (including phenoxy) is 1. The predicted molar refractivity (Wildman–Crippen MR) is 130 cm³/mol. The summed E-state index contributed by atoms with van der Waals surface area (Å²) in [5, 5.41) is 2.78. The monoisotopic (exact) mass is 457 g/mol. The van der Waals surface area contributed by atoms with Gasteiger partial charge in [-0.1, -0.05) is 12.1 Å². The van der Waals surface area contributed by atoms with Gasteiger partial charge in [-0.15, -0.1) is 0 Å². The fourth-order valence-corrected chi connectivity index (χ4v) is 5.28. The Morgan fingerprint density at radius 3 is 2.35 bits per heavy atom. The normalized spacial score (nSPS) is 18.7. The van der Waals surface area contributed by atoms with Gasteiger partial charge in [-0.25, -0.2) is 0 Å². The molecular formula is C27H27N3O4. The van der Waals surface area contributed by atoms with Gasteiger partial charge in [0.25, 0.3) is 11.5 Å². The van der Waals surface area contributed by atoms with Crippen LogP contribution >= 0.6 is 0 Å². The number of nitrogens with zero attached hydrogens (tertiary/aromatic N) is 2. The molecule has 0 saturated carbocycles. The maximum absolute atomic E-state index is 13.3. The van der Waals surface area contributed by atoms with Gasteiger partial charge in [0.2, 0.25) is 5.91 Å². The molecule has 2 amide bonds. The number of fused-ring (bicyclic) bond motifs is 4. The molecule has 1 saturated heterocycles. The van der Waals surface area contributed by atoms with Crippen LogP contribution in [0.1, 0.15) is 35.3 Å². The number of benzene rings is 2. The summed E-state index contributed by atoms with van der Waals surface area (Å²) in [4.78, 5) is 39.3. The molecule has 3 heterocycles. The van der Waals surface area contributed by atoms with Gasteiger partial charge in [-0.2, -0.15) is 0 Å². The van der Waals surface area contributed by atoms with E-state index >= 15 is 0 Å². The van der Waals surface area contributed by atoms with Crippen LogP contribution in [0.25, 0.3) is 11.1 Å². The average Bonchev–Trinajstić information content (AvgIpc) is 2.84. The number of pyridine rings is 1. The van der Waals surface area contributed by atoms with E-state index in [4.69, 9.17) is 4.74 Å². The van der Waals surface area contributed by atoms with E-state index in [1.54, 1.807) is 37.4 Å². The molecule has 2 bridgehead atoms. The third kappa shape index (κ3) is 4.09. The van der Waals surface area contributed by atoms with Crippen molar-refractivity contribution in [2.24, 2.45) is 5.92 Å². The van der Waals surface area contributed by atoms with Crippen molar-refractivity contribution in [1.82, 2.24) is 9.47 Å². The molecule has 2 atom stereocenters. The number of hydrogen-bond donors (Lipinski definition) is 1. The molecule has 0 unspecified atom stereocenters. The second-order valence-corrected chi connectivity index (χ2v) is 9.08. The highest BCUT2D eigenvalue weighted by atomic mass is 16.5. The lowest BCUT2D eigenvalue weighted by molar-refractivity contribution is -0.114. The van der Waals surface area contributed by atoms with Gasteiger partial charge >= 0.3 is 0 Å². The summed E-state index contributed by atoms with van der Waals surface area (Å²) >= 11 is 0. The number of anilines is 1. The molecule has 7 heteroatoms. The van der Waals surface area contributed by atoms with Crippen LogP contribution in [0.4, 0.5) is 5.69 Å². The summed E-state index contributed by atoms with van der Waals surface area (Å²) in [6.45, 7) is 3.30. The third-order valence-electron chi connectivity index (χ3n) is 6.73. The van der Waals surface area contributed by atoms with Crippen molar-refractivity contribution in [1.29, 1.82) is 0 Å². The van der Waals surface area contributed by atoms with Gasteiger partial charge in [0.1, 0.15) is 5.75 Å². The van der Waals surface area contributed by atoms with Crippen LogP contribution in [-0.4, -0.2) is 41.5 Å². The summed E-state index contributed by atoms with van der Waals surface area (Å²) in [5.74, 6) is 0.920. The smallest absolute Gasteiger partial charge is 0.253 e. The zero-order chi connectivity index (χ0) is 23.8. The molecule has 2 aliphatic rings. The molecule has 0 radical (unpaired) electrons. The first-order valence-electron chi connectivity index (χ1n) is 11.5. The number of hydrogen-bond acceptors (Lipinski definition) is 4. The number of nitrogens with one attached hydrogen (secondary N) is 1. The Kier molecular flexibility index (Phi) is 5.69. The van der Waals surface area contributed by atoms with E-state index in [-0.39, 0.29) is 29.2 Å². The minimum atomic E-state index is -0.119. The number of rotatable bonds is 4. The van der Waals surface area contributed by atoms with E-state index in [0.717, 1.165) is 34.7 Å². The van der Waals surface area contributed by atoms with Crippen LogP contribution in [0.3, 0.4) is 0 Å². The number of carbonyl (C=O) groups excluding carboxylic acids is 2. The Hall–Kier alpha value is -3.87. The van der Waals surface area contributed by atoms with Gasteiger partial charge < -0.3 is 19.5 Å². The number of piperidine rings is 1. The largest absolute Gasteiger partial charge is 0.497 e. The molecule has 174 valence electrons. The maximum atomic E-state index is 13.3. The van der Waals surface area contributed by atoms with Crippen LogP contribution in [0.15, 0.2) is 65.5 Å². The van der Waals surface area contributed by atoms with Crippen molar-refractivity contribution in [3.8, 4) is 16.9 Å². The van der Waals surface area contributed by atoms with Gasteiger partial charge in [-0.05, 0) is 60.4 Å². The molecule has 5 rings (SSSR count). The Labute approximate surface area is 198 Å². The molecule has 34 heavy (non-hydrogen) atoms. The molecule has 0 aliphatic carbocycles. The van der Waals surface area contributed by atoms with E-state index in [1.807, 2.05) is 39.8 Å². The molecule has 2 aliphatic heterocycles. The highest BCUT2D eigenvalue weighted by molar-refractivity contribution is 5.94. The van der Waals surface area contributed by atoms with E-state index in [2.05, 4.69) is 5.32 Å². The number of likely N-dealkylation sites (tertiary alicyclic amines) is 1. The summed E-state index contributed by atoms with van der Waals surface area (Å²) in [6, 6.07) is 18.4. The zero-order valence-electron chi connectivity index (χ0n) is 19.3. The molecule has 7 nitrogen and oxygen atoms in total. The fourth-order valence-electron chi connectivity index (χ4n) is 5.28. The quantitative estimate of drug-likeness (QED) is 0.647. The summed E-state index contributed by atoms with van der Waals surface area (Å²) in [5.41, 5.74) is 4.33. The minimum absolute atomic E-state index is 0.00162. The first kappa shape index (κ1) is 21.9. The second-order valence-electron chi connectivity index (χ2n) is 9.08. The van der Waals surface area contributed by atoms with Crippen LogP contribution in [0, 0.1) is 5.92 Å². The van der Waals surface area contributed by atoms with Gasteiger partial charge in [-0.3, -0.25) is 14.4 Å². The molecule has 0 spiro atoms. The van der Waals surface area contributed by atoms with Crippen molar-refractivity contribution in [2.75, 3.05) is 25.5 Å². The third-order valence-corrected chi connectivity index (χ3v) is 6.73. The Morgan fingerprint density at radius 2 is 1.68 bits per heavy atom. The SMILES string of the molecule is COc1ccc(C(=O)N2C[C@@H]3C[C@H](C2)c2c(-c4ccc(NC(C)=O)cc4)ccc(=O)n2C3)cc1. The van der Waals surface area contributed by atoms with Crippen LogP contribution in [0.5, 0.6) is 5.75 Å². The molecule has 2 aromatic carbocycles. The lowest BCUT2D eigenvalue weighted by Crippen LogP contribution is -2.49. The number of amides is 2. The Bertz CT molecular complexity index is 1290. The molecule has 3 aromatic rings. The van der Waals surface area contributed by atoms with Crippen LogP contribution in [0.2, 0.25) is 0 Å². The fraction of sp³-hybridized carbons (Fsp3) is 0.296. The van der Waals surface area contributed by atoms with Crippen molar-refractivity contribution in [3.63, 3.8) is 0 Å². The summed E-state index contributed by atoms with van der Waals surface area (Å²) < 4.78 is 7.10. The summed E-state index contributed by atoms with van der Waals surface area (Å²) in [7, 11) is 1.60. The van der Waals surface area contributed by atoms with Gasteiger partial charge in [0, 0.05) is 61.1 Å². The maximum Gasteiger partial charge on any atom is 0.253 e. The number of aromatic nitrogens is 1. The standard InChI is InChI=1S/C27H27N3O4/c1-17(31)28-22-7-3-19(4-8-22)24-11-12-25(32)30-15-18-13-21(26(24)30)16-29(14-18)27(33)20-5-9-23(34-2)10-6-20/h3-12,18,21H,13-16H2,1-2H3,(H,28,31)/t18-,21+/m0/s1. The van der Waals surface area contributed by atoms with E-state index < -0.39 is 0 Å². The van der Waals surface area contributed by atoms with Crippen molar-refractivity contribution < 1.29 is 14.3 Å². The second kappa shape index (κ2) is 8.82. The van der Waals surface area contributed by atoms with Gasteiger partial charge in [0.05, 0.1) is 7.11 Å². The van der Waals surface area contributed by atoms with E-state index in [9.17, 15) is 14.4 Å². The van der Waals surface area contributed by atoms with E-state index in [1.165, 1.54) is 6.92 Å². The molecule has 1 aromatic heterocycles. The first-order valence-corrected chi connectivity index (χ1v) is 11.5. The van der Waals surface area contributed by atoms with Crippen LogP contribution in [-0.2, 0) is 11.3 Å². The first-order chi connectivity index (χ1) is 16.4. The van der Waals surface area contributed by atoms with Crippen LogP contribution < -0.4 is 15.6 Å². The highest BCUT2D eigenvalue weighted by Gasteiger charge is 2.38. The zero-order valence-corrected chi connectivity index (χ0v) is 19.3. The van der Waals surface area contributed by atoms with Gasteiger partial charge in [0.15, 0.2) is 0 Å². The topological polar surface area (TPSA) is 80.6 Å². The molecule has 1 N–H and O–H groups in total. The van der Waals surface area contributed by atoms with Crippen molar-refractivity contribution in [2.45, 2.75) is 25.8 Å². The lowest BCUT2D eigenvalue weighted by atomic mass is 9.80. The highest BCUT2D eigenvalue weighted by Crippen LogP contribution is 2.40.